The van der Waals surface area contributed by atoms with E-state index in [1.807, 2.05) is 0 Å². The van der Waals surface area contributed by atoms with Crippen LogP contribution in [0.5, 0.6) is 0 Å². The van der Waals surface area contributed by atoms with Crippen molar-refractivity contribution in [1.29, 1.82) is 0 Å². The molecule has 3 heteroatoms. The van der Waals surface area contributed by atoms with Crippen LogP contribution in [0.4, 0.5) is 0 Å². The number of carbonyl (C=O) groups excluding carboxylic acids is 1. The van der Waals surface area contributed by atoms with E-state index in [1.54, 1.807) is 0 Å². The van der Waals surface area contributed by atoms with Gasteiger partial charge in [0.05, 0.1) is 18.6 Å². The number of esters is 1. The Balaban J connectivity index is 2.77. The number of hydrogen-bond acceptors (Lipinski definition) is 3. The number of methoxy groups -OCH3 is 1. The summed E-state index contributed by atoms with van der Waals surface area (Å²) in [6.07, 6.45) is 7.60. The van der Waals surface area contributed by atoms with Crippen molar-refractivity contribution in [2.24, 2.45) is 17.8 Å². The third kappa shape index (κ3) is 4.76. The van der Waals surface area contributed by atoms with Gasteiger partial charge >= 0.3 is 5.97 Å². The quantitative estimate of drug-likeness (QED) is 0.720. The van der Waals surface area contributed by atoms with Gasteiger partial charge in [-0.2, -0.15) is 0 Å². The normalized spacial score (nSPS) is 28.4. The summed E-state index contributed by atoms with van der Waals surface area (Å²) >= 11 is 0. The summed E-state index contributed by atoms with van der Waals surface area (Å²) in [5.41, 5.74) is -0.847. The van der Waals surface area contributed by atoms with E-state index in [4.69, 9.17) is 4.74 Å². The second-order valence-electron chi connectivity index (χ2n) is 6.91. The molecule has 1 N–H and O–H groups in total. The zero-order chi connectivity index (χ0) is 15.2. The summed E-state index contributed by atoms with van der Waals surface area (Å²) in [5.74, 6) is 0.616. The molecule has 0 spiro atoms. The molecule has 3 atom stereocenters. The molecule has 0 aliphatic heterocycles. The van der Waals surface area contributed by atoms with E-state index in [1.165, 1.54) is 13.5 Å². The molecule has 0 radical (unpaired) electrons. The maximum absolute atomic E-state index is 12.1. The van der Waals surface area contributed by atoms with Crippen molar-refractivity contribution in [3.63, 3.8) is 0 Å². The number of carbonyl (C=O) groups is 1. The first-order valence-corrected chi connectivity index (χ1v) is 8.23. The van der Waals surface area contributed by atoms with Gasteiger partial charge in [0, 0.05) is 0 Å². The number of ether oxygens (including phenoxy) is 1. The minimum atomic E-state index is -0.847. The van der Waals surface area contributed by atoms with Crippen LogP contribution in [0.25, 0.3) is 0 Å². The van der Waals surface area contributed by atoms with Gasteiger partial charge < -0.3 is 9.84 Å². The maximum Gasteiger partial charge on any atom is 0.311 e. The van der Waals surface area contributed by atoms with Crippen LogP contribution in [0.3, 0.4) is 0 Å². The monoisotopic (exact) mass is 284 g/mol. The second kappa shape index (κ2) is 8.02. The molecule has 3 unspecified atom stereocenters. The molecule has 3 nitrogen and oxygen atoms in total. The van der Waals surface area contributed by atoms with Gasteiger partial charge in [-0.25, -0.2) is 0 Å². The zero-order valence-electron chi connectivity index (χ0n) is 13.7. The van der Waals surface area contributed by atoms with Gasteiger partial charge in [-0.1, -0.05) is 46.5 Å². The summed E-state index contributed by atoms with van der Waals surface area (Å²) in [4.78, 5) is 12.1. The second-order valence-corrected chi connectivity index (χ2v) is 6.91. The molecule has 0 amide bonds. The average molecular weight is 284 g/mol. The molecule has 0 bridgehead atoms. The van der Waals surface area contributed by atoms with E-state index in [0.717, 1.165) is 44.9 Å². The van der Waals surface area contributed by atoms with Crippen LogP contribution in [-0.2, 0) is 9.53 Å². The molecule has 0 saturated heterocycles. The minimum Gasteiger partial charge on any atom is -0.469 e. The van der Waals surface area contributed by atoms with Gasteiger partial charge in [0.2, 0.25) is 0 Å². The van der Waals surface area contributed by atoms with Crippen molar-refractivity contribution in [2.45, 2.75) is 77.7 Å². The molecule has 0 aromatic heterocycles. The van der Waals surface area contributed by atoms with Crippen LogP contribution in [-0.4, -0.2) is 23.8 Å². The van der Waals surface area contributed by atoms with Crippen molar-refractivity contribution < 1.29 is 14.6 Å². The highest BCUT2D eigenvalue weighted by molar-refractivity contribution is 5.73. The first-order chi connectivity index (χ1) is 9.42. The maximum atomic E-state index is 12.1. The fourth-order valence-electron chi connectivity index (χ4n) is 3.74. The molecule has 1 fully saturated rings. The van der Waals surface area contributed by atoms with E-state index in [-0.39, 0.29) is 11.9 Å². The Morgan fingerprint density at radius 2 is 2.15 bits per heavy atom. The van der Waals surface area contributed by atoms with E-state index >= 15 is 0 Å². The Labute approximate surface area is 124 Å². The van der Waals surface area contributed by atoms with Gasteiger partial charge in [0.15, 0.2) is 0 Å². The molecule has 0 heterocycles. The lowest BCUT2D eigenvalue weighted by Crippen LogP contribution is -2.46. The molecular weight excluding hydrogens is 252 g/mol. The van der Waals surface area contributed by atoms with Crippen LogP contribution in [0.1, 0.15) is 72.1 Å². The summed E-state index contributed by atoms with van der Waals surface area (Å²) in [5, 5.41) is 11.0. The van der Waals surface area contributed by atoms with Gasteiger partial charge in [-0.3, -0.25) is 4.79 Å². The molecule has 0 aromatic carbocycles. The highest BCUT2D eigenvalue weighted by Gasteiger charge is 2.44. The number of hydrogen-bond donors (Lipinski definition) is 1. The van der Waals surface area contributed by atoms with E-state index < -0.39 is 5.60 Å². The van der Waals surface area contributed by atoms with Crippen LogP contribution in [0.2, 0.25) is 0 Å². The molecule has 1 aliphatic rings. The van der Waals surface area contributed by atoms with Crippen LogP contribution in [0, 0.1) is 17.8 Å². The molecule has 0 aromatic rings. The lowest BCUT2D eigenvalue weighted by atomic mass is 9.68. The Morgan fingerprint density at radius 1 is 1.45 bits per heavy atom. The molecule has 20 heavy (non-hydrogen) atoms. The van der Waals surface area contributed by atoms with Gasteiger partial charge in [0.1, 0.15) is 0 Å². The van der Waals surface area contributed by atoms with Crippen molar-refractivity contribution in [1.82, 2.24) is 0 Å². The fraction of sp³-hybridized carbons (Fsp3) is 0.941. The topological polar surface area (TPSA) is 46.5 Å². The molecule has 1 aliphatic carbocycles. The largest absolute Gasteiger partial charge is 0.469 e. The Kier molecular flexibility index (Phi) is 7.01. The lowest BCUT2D eigenvalue weighted by molar-refractivity contribution is -0.161. The minimum absolute atomic E-state index is 0.230. The standard InChI is InChI=1S/C17H32O3/c1-5-6-9-15(16(18)20-4)17(19)10-7-8-14(12-17)11-13(2)3/h13-15,19H,5-12H2,1-4H3. The van der Waals surface area contributed by atoms with E-state index in [9.17, 15) is 9.90 Å². The third-order valence-corrected chi connectivity index (χ3v) is 4.65. The summed E-state index contributed by atoms with van der Waals surface area (Å²) in [6.45, 7) is 6.56. The SMILES string of the molecule is CCCCC(C(=O)OC)C1(O)CCCC(CC(C)C)C1. The Bertz CT molecular complexity index is 301. The van der Waals surface area contributed by atoms with Crippen LogP contribution in [0.15, 0.2) is 0 Å². The zero-order valence-corrected chi connectivity index (χ0v) is 13.7. The molecular formula is C17H32O3. The lowest BCUT2D eigenvalue weighted by Gasteiger charge is -2.41. The number of aliphatic hydroxyl groups is 1. The highest BCUT2D eigenvalue weighted by atomic mass is 16.5. The molecule has 1 rings (SSSR count). The van der Waals surface area contributed by atoms with Crippen molar-refractivity contribution >= 4 is 5.97 Å². The number of unbranched alkanes of at least 4 members (excludes halogenated alkanes) is 1. The van der Waals surface area contributed by atoms with Crippen molar-refractivity contribution in [3.05, 3.63) is 0 Å². The number of rotatable bonds is 7. The average Bonchev–Trinajstić information content (AvgIpc) is 2.37. The Hall–Kier alpha value is -0.570. The van der Waals surface area contributed by atoms with E-state index in [2.05, 4.69) is 20.8 Å². The van der Waals surface area contributed by atoms with Gasteiger partial charge in [-0.05, 0) is 37.5 Å². The van der Waals surface area contributed by atoms with Crippen LogP contribution < -0.4 is 0 Å². The fourth-order valence-corrected chi connectivity index (χ4v) is 3.74. The summed E-state index contributed by atoms with van der Waals surface area (Å²) in [7, 11) is 1.43. The van der Waals surface area contributed by atoms with Crippen molar-refractivity contribution in [3.8, 4) is 0 Å². The predicted octanol–water partition coefficient (Wildman–Crippen LogP) is 3.93. The highest BCUT2D eigenvalue weighted by Crippen LogP contribution is 2.42. The first kappa shape index (κ1) is 17.5. The smallest absolute Gasteiger partial charge is 0.311 e. The Morgan fingerprint density at radius 3 is 2.70 bits per heavy atom. The van der Waals surface area contributed by atoms with Crippen molar-refractivity contribution in [2.75, 3.05) is 7.11 Å². The van der Waals surface area contributed by atoms with Crippen LogP contribution >= 0.6 is 0 Å². The first-order valence-electron chi connectivity index (χ1n) is 8.23. The molecule has 118 valence electrons. The predicted molar refractivity (Wildman–Crippen MR) is 81.4 cm³/mol. The summed E-state index contributed by atoms with van der Waals surface area (Å²) < 4.78 is 4.95. The van der Waals surface area contributed by atoms with E-state index in [0.29, 0.717) is 11.8 Å². The van der Waals surface area contributed by atoms with Gasteiger partial charge in [-0.15, -0.1) is 0 Å². The van der Waals surface area contributed by atoms with Gasteiger partial charge in [0.25, 0.3) is 0 Å². The molecule has 1 saturated carbocycles. The third-order valence-electron chi connectivity index (χ3n) is 4.65. The summed E-state index contributed by atoms with van der Waals surface area (Å²) in [6, 6.07) is 0.